The monoisotopic (exact) mass is 260 g/mol. The molecule has 1 aromatic rings. The molecule has 4 nitrogen and oxygen atoms in total. The molecular weight excluding hydrogens is 240 g/mol. The number of likely N-dealkylation sites (tertiary alicyclic amines) is 1. The Hall–Kier alpha value is -1.55. The lowest BCUT2D eigenvalue weighted by Gasteiger charge is -2.19. The molecule has 1 saturated heterocycles. The molecule has 1 amide bonds. The molecule has 2 fully saturated rings. The number of nitrogens with zero attached hydrogens (tertiary/aromatic N) is 1. The van der Waals surface area contributed by atoms with Crippen LogP contribution in [0.15, 0.2) is 30.3 Å². The topological polar surface area (TPSA) is 41.6 Å². The summed E-state index contributed by atoms with van der Waals surface area (Å²) in [7, 11) is 1.59. The highest BCUT2D eigenvalue weighted by atomic mass is 16.5. The second-order valence-electron chi connectivity index (χ2n) is 5.52. The van der Waals surface area contributed by atoms with E-state index in [2.05, 4.69) is 40.5 Å². The molecule has 3 rings (SSSR count). The van der Waals surface area contributed by atoms with E-state index in [4.69, 9.17) is 4.74 Å². The van der Waals surface area contributed by atoms with Gasteiger partial charge in [-0.15, -0.1) is 0 Å². The Morgan fingerprint density at radius 3 is 2.63 bits per heavy atom. The minimum atomic E-state index is -0.314. The van der Waals surface area contributed by atoms with Crippen molar-refractivity contribution < 1.29 is 9.53 Å². The number of benzene rings is 1. The van der Waals surface area contributed by atoms with Gasteiger partial charge in [0.15, 0.2) is 0 Å². The summed E-state index contributed by atoms with van der Waals surface area (Å²) in [6.07, 6.45) is -0.314. The molecule has 1 aliphatic carbocycles. The SMILES string of the molecule is CNC(=O)OC[C@@H]1[C@H]2CN(Cc3ccccc3)C[C@@H]12. The van der Waals surface area contributed by atoms with Crippen LogP contribution < -0.4 is 5.32 Å². The summed E-state index contributed by atoms with van der Waals surface area (Å²) in [4.78, 5) is 13.5. The van der Waals surface area contributed by atoms with Crippen LogP contribution in [-0.2, 0) is 11.3 Å². The predicted molar refractivity (Wildman–Crippen MR) is 72.6 cm³/mol. The lowest BCUT2D eigenvalue weighted by molar-refractivity contribution is 0.133. The molecule has 1 aromatic carbocycles. The Morgan fingerprint density at radius 1 is 1.32 bits per heavy atom. The fraction of sp³-hybridized carbons (Fsp3) is 0.533. The van der Waals surface area contributed by atoms with Crippen LogP contribution in [0.5, 0.6) is 0 Å². The number of fused-ring (bicyclic) bond motifs is 1. The highest BCUT2D eigenvalue weighted by molar-refractivity contribution is 5.66. The Labute approximate surface area is 113 Å². The van der Waals surface area contributed by atoms with E-state index in [1.807, 2.05) is 0 Å². The van der Waals surface area contributed by atoms with E-state index in [-0.39, 0.29) is 6.09 Å². The average molecular weight is 260 g/mol. The van der Waals surface area contributed by atoms with Crippen molar-refractivity contribution in [2.45, 2.75) is 6.54 Å². The van der Waals surface area contributed by atoms with E-state index in [9.17, 15) is 4.79 Å². The first kappa shape index (κ1) is 12.5. The molecule has 0 aromatic heterocycles. The molecule has 0 spiro atoms. The number of hydrogen-bond acceptors (Lipinski definition) is 3. The zero-order chi connectivity index (χ0) is 13.2. The maximum atomic E-state index is 11.0. The molecule has 4 heteroatoms. The van der Waals surface area contributed by atoms with Crippen molar-refractivity contribution >= 4 is 6.09 Å². The van der Waals surface area contributed by atoms with Gasteiger partial charge >= 0.3 is 6.09 Å². The molecule has 1 heterocycles. The number of hydrogen-bond donors (Lipinski definition) is 1. The van der Waals surface area contributed by atoms with Crippen molar-refractivity contribution in [2.24, 2.45) is 17.8 Å². The molecule has 0 radical (unpaired) electrons. The fourth-order valence-corrected chi connectivity index (χ4v) is 3.20. The first-order valence-corrected chi connectivity index (χ1v) is 6.88. The molecule has 1 aliphatic heterocycles. The third-order valence-corrected chi connectivity index (χ3v) is 4.31. The molecule has 2 aliphatic rings. The van der Waals surface area contributed by atoms with Crippen LogP contribution in [0.1, 0.15) is 5.56 Å². The van der Waals surface area contributed by atoms with Crippen LogP contribution in [0.25, 0.3) is 0 Å². The largest absolute Gasteiger partial charge is 0.449 e. The van der Waals surface area contributed by atoms with Crippen molar-refractivity contribution in [3.63, 3.8) is 0 Å². The van der Waals surface area contributed by atoms with E-state index in [1.165, 1.54) is 5.56 Å². The summed E-state index contributed by atoms with van der Waals surface area (Å²) in [5.41, 5.74) is 1.38. The van der Waals surface area contributed by atoms with Crippen molar-refractivity contribution in [2.75, 3.05) is 26.7 Å². The van der Waals surface area contributed by atoms with Gasteiger partial charge in [-0.2, -0.15) is 0 Å². The summed E-state index contributed by atoms with van der Waals surface area (Å²) < 4.78 is 5.14. The maximum absolute atomic E-state index is 11.0. The fourth-order valence-electron chi connectivity index (χ4n) is 3.20. The van der Waals surface area contributed by atoms with Gasteiger partial charge in [0, 0.05) is 32.6 Å². The van der Waals surface area contributed by atoms with Crippen LogP contribution in [0.2, 0.25) is 0 Å². The van der Waals surface area contributed by atoms with Gasteiger partial charge in [0.2, 0.25) is 0 Å². The Kier molecular flexibility index (Phi) is 3.42. The second-order valence-corrected chi connectivity index (χ2v) is 5.52. The lowest BCUT2D eigenvalue weighted by atomic mass is 10.2. The summed E-state index contributed by atoms with van der Waals surface area (Å²) in [6.45, 7) is 3.90. The van der Waals surface area contributed by atoms with Crippen LogP contribution in [0, 0.1) is 17.8 Å². The molecule has 0 bridgehead atoms. The van der Waals surface area contributed by atoms with Crippen LogP contribution in [0.3, 0.4) is 0 Å². The standard InChI is InChI=1S/C15H20N2O2/c1-16-15(18)19-10-14-12-8-17(9-13(12)14)7-11-5-3-2-4-6-11/h2-6,12-14H,7-10H2,1H3,(H,16,18)/t12-,13+,14+. The van der Waals surface area contributed by atoms with Gasteiger partial charge in [0.25, 0.3) is 0 Å². The average Bonchev–Trinajstić information content (AvgIpc) is 2.90. The number of rotatable bonds is 4. The van der Waals surface area contributed by atoms with Crippen molar-refractivity contribution in [1.29, 1.82) is 0 Å². The highest BCUT2D eigenvalue weighted by Gasteiger charge is 2.55. The van der Waals surface area contributed by atoms with Gasteiger partial charge in [0.1, 0.15) is 0 Å². The van der Waals surface area contributed by atoms with E-state index >= 15 is 0 Å². The molecule has 1 saturated carbocycles. The normalized spacial score (nSPS) is 28.8. The molecule has 19 heavy (non-hydrogen) atoms. The molecular formula is C15H20N2O2. The summed E-state index contributed by atoms with van der Waals surface area (Å²) >= 11 is 0. The minimum Gasteiger partial charge on any atom is -0.449 e. The lowest BCUT2D eigenvalue weighted by Crippen LogP contribution is -2.26. The number of piperidine rings is 1. The Morgan fingerprint density at radius 2 is 2.00 bits per heavy atom. The zero-order valence-electron chi connectivity index (χ0n) is 11.2. The third-order valence-electron chi connectivity index (χ3n) is 4.31. The number of carbonyl (C=O) groups is 1. The number of ether oxygens (including phenoxy) is 1. The van der Waals surface area contributed by atoms with Crippen LogP contribution in [0.4, 0.5) is 4.79 Å². The van der Waals surface area contributed by atoms with Crippen LogP contribution in [-0.4, -0.2) is 37.7 Å². The summed E-state index contributed by atoms with van der Waals surface area (Å²) in [5, 5.41) is 2.48. The molecule has 3 atom stereocenters. The Bertz CT molecular complexity index is 437. The van der Waals surface area contributed by atoms with E-state index in [1.54, 1.807) is 7.05 Å². The number of amides is 1. The predicted octanol–water partition coefficient (Wildman–Crippen LogP) is 1.72. The van der Waals surface area contributed by atoms with Gasteiger partial charge in [-0.25, -0.2) is 4.79 Å². The van der Waals surface area contributed by atoms with Crippen LogP contribution >= 0.6 is 0 Å². The van der Waals surface area contributed by atoms with E-state index in [0.717, 1.165) is 31.5 Å². The van der Waals surface area contributed by atoms with Gasteiger partial charge in [0.05, 0.1) is 6.61 Å². The third kappa shape index (κ3) is 2.73. The van der Waals surface area contributed by atoms with Crippen molar-refractivity contribution in [1.82, 2.24) is 10.2 Å². The van der Waals surface area contributed by atoms with Gasteiger partial charge in [-0.05, 0) is 17.4 Å². The molecule has 0 unspecified atom stereocenters. The Balaban J connectivity index is 1.42. The highest BCUT2D eigenvalue weighted by Crippen LogP contribution is 2.51. The van der Waals surface area contributed by atoms with Gasteiger partial charge in [-0.3, -0.25) is 4.90 Å². The van der Waals surface area contributed by atoms with E-state index in [0.29, 0.717) is 12.5 Å². The van der Waals surface area contributed by atoms with Gasteiger partial charge < -0.3 is 10.1 Å². The summed E-state index contributed by atoms with van der Waals surface area (Å²) in [5.74, 6) is 2.05. The second kappa shape index (κ2) is 5.21. The maximum Gasteiger partial charge on any atom is 0.406 e. The minimum absolute atomic E-state index is 0.314. The summed E-state index contributed by atoms with van der Waals surface area (Å²) in [6, 6.07) is 10.6. The zero-order valence-corrected chi connectivity index (χ0v) is 11.2. The van der Waals surface area contributed by atoms with Crippen molar-refractivity contribution in [3.8, 4) is 0 Å². The smallest absolute Gasteiger partial charge is 0.406 e. The molecule has 1 N–H and O–H groups in total. The van der Waals surface area contributed by atoms with E-state index < -0.39 is 0 Å². The first-order valence-electron chi connectivity index (χ1n) is 6.88. The number of nitrogens with one attached hydrogen (secondary N) is 1. The quantitative estimate of drug-likeness (QED) is 0.896. The van der Waals surface area contributed by atoms with Gasteiger partial charge in [-0.1, -0.05) is 30.3 Å². The first-order chi connectivity index (χ1) is 9.28. The molecule has 102 valence electrons. The number of carbonyl (C=O) groups excluding carboxylic acids is 1. The number of alkyl carbamates (subject to hydrolysis) is 1. The van der Waals surface area contributed by atoms with Crippen molar-refractivity contribution in [3.05, 3.63) is 35.9 Å².